The van der Waals surface area contributed by atoms with Gasteiger partial charge in [-0.25, -0.2) is 4.79 Å². The molecule has 1 saturated heterocycles. The van der Waals surface area contributed by atoms with Crippen molar-refractivity contribution < 1.29 is 19.4 Å². The number of aromatic nitrogens is 2. The topological polar surface area (TPSA) is 84.7 Å². The van der Waals surface area contributed by atoms with Crippen molar-refractivity contribution >= 4 is 11.9 Å². The molecular formula is C19H23N3O4. The predicted octanol–water partition coefficient (Wildman–Crippen LogP) is 1.83. The molecule has 1 fully saturated rings. The van der Waals surface area contributed by atoms with Crippen LogP contribution >= 0.6 is 0 Å². The van der Waals surface area contributed by atoms with Crippen molar-refractivity contribution in [2.75, 3.05) is 19.7 Å². The minimum Gasteiger partial charge on any atom is -0.478 e. The molecule has 0 aliphatic carbocycles. The number of carbonyl (C=O) groups is 2. The summed E-state index contributed by atoms with van der Waals surface area (Å²) < 4.78 is 7.65. The molecule has 0 spiro atoms. The van der Waals surface area contributed by atoms with E-state index >= 15 is 0 Å². The summed E-state index contributed by atoms with van der Waals surface area (Å²) in [6.07, 6.45) is 4.34. The van der Waals surface area contributed by atoms with Crippen molar-refractivity contribution in [2.24, 2.45) is 7.05 Å². The Morgan fingerprint density at radius 2 is 2.12 bits per heavy atom. The molecule has 0 bridgehead atoms. The van der Waals surface area contributed by atoms with Crippen LogP contribution < -0.4 is 0 Å². The van der Waals surface area contributed by atoms with Crippen LogP contribution in [-0.2, 0) is 28.6 Å². The zero-order valence-corrected chi connectivity index (χ0v) is 15.0. The number of ether oxygens (including phenoxy) is 1. The van der Waals surface area contributed by atoms with Crippen LogP contribution in [0.25, 0.3) is 0 Å². The smallest absolute Gasteiger partial charge is 0.335 e. The Kier molecular flexibility index (Phi) is 5.08. The Morgan fingerprint density at radius 1 is 1.35 bits per heavy atom. The van der Waals surface area contributed by atoms with Gasteiger partial charge in [0.15, 0.2) is 0 Å². The fraction of sp³-hybridized carbons (Fsp3) is 0.421. The molecule has 2 heterocycles. The largest absolute Gasteiger partial charge is 0.478 e. The van der Waals surface area contributed by atoms with Crippen LogP contribution in [-0.4, -0.2) is 51.4 Å². The molecule has 1 aromatic heterocycles. The van der Waals surface area contributed by atoms with Gasteiger partial charge in [0.1, 0.15) is 5.60 Å². The molecule has 1 unspecified atom stereocenters. The first-order valence-electron chi connectivity index (χ1n) is 8.61. The van der Waals surface area contributed by atoms with Crippen molar-refractivity contribution in [3.63, 3.8) is 0 Å². The molecule has 0 radical (unpaired) electrons. The maximum absolute atomic E-state index is 12.7. The Hall–Kier alpha value is -2.67. The molecule has 7 heteroatoms. The van der Waals surface area contributed by atoms with Gasteiger partial charge in [-0.3, -0.25) is 9.48 Å². The molecule has 26 heavy (non-hydrogen) atoms. The Morgan fingerprint density at radius 3 is 2.81 bits per heavy atom. The lowest BCUT2D eigenvalue weighted by atomic mass is 9.96. The highest BCUT2D eigenvalue weighted by atomic mass is 16.5. The zero-order valence-electron chi connectivity index (χ0n) is 15.0. The molecule has 1 aliphatic heterocycles. The van der Waals surface area contributed by atoms with E-state index in [1.165, 1.54) is 0 Å². The van der Waals surface area contributed by atoms with E-state index in [-0.39, 0.29) is 17.9 Å². The van der Waals surface area contributed by atoms with E-state index in [9.17, 15) is 14.7 Å². The molecule has 1 aromatic carbocycles. The van der Waals surface area contributed by atoms with Gasteiger partial charge in [0, 0.05) is 31.8 Å². The van der Waals surface area contributed by atoms with E-state index in [2.05, 4.69) is 5.10 Å². The third-order valence-electron chi connectivity index (χ3n) is 4.80. The number of aryl methyl sites for hydroxylation is 2. The van der Waals surface area contributed by atoms with Gasteiger partial charge in [0.2, 0.25) is 5.91 Å². The number of carbonyl (C=O) groups excluding carboxylic acids is 1. The number of carboxylic acid groups (broad SMARTS) is 1. The average Bonchev–Trinajstić information content (AvgIpc) is 3.07. The molecule has 2 aromatic rings. The van der Waals surface area contributed by atoms with E-state index in [0.717, 1.165) is 5.56 Å². The molecule has 1 amide bonds. The summed E-state index contributed by atoms with van der Waals surface area (Å²) in [4.78, 5) is 25.8. The van der Waals surface area contributed by atoms with Crippen molar-refractivity contribution in [3.05, 3.63) is 53.3 Å². The maximum atomic E-state index is 12.7. The normalized spacial score (nSPS) is 20.2. The molecule has 1 aliphatic rings. The molecule has 1 N–H and O–H groups in total. The minimum atomic E-state index is -0.969. The van der Waals surface area contributed by atoms with Crippen LogP contribution in [0.15, 0.2) is 36.7 Å². The summed E-state index contributed by atoms with van der Waals surface area (Å²) in [6, 6.07) is 6.81. The van der Waals surface area contributed by atoms with E-state index < -0.39 is 11.6 Å². The number of morpholine rings is 1. The number of aromatic carboxylic acids is 1. The van der Waals surface area contributed by atoms with Crippen LogP contribution in [0.4, 0.5) is 0 Å². The third kappa shape index (κ3) is 3.77. The molecular weight excluding hydrogens is 334 g/mol. The van der Waals surface area contributed by atoms with E-state index in [4.69, 9.17) is 4.74 Å². The van der Waals surface area contributed by atoms with Gasteiger partial charge in [0.05, 0.1) is 24.9 Å². The number of carboxylic acids is 1. The van der Waals surface area contributed by atoms with Crippen LogP contribution in [0.5, 0.6) is 0 Å². The van der Waals surface area contributed by atoms with Crippen LogP contribution in [0.2, 0.25) is 0 Å². The minimum absolute atomic E-state index is 0.00334. The standard InChI is InChI=1S/C19H23N3O4/c1-19(15-11-20-21(2)12-15)13-22(9-10-26-19)17(23)8-7-14-5-3-4-6-16(14)18(24)25/h3-6,11-12H,7-10,13H2,1-2H3,(H,24,25). The summed E-state index contributed by atoms with van der Waals surface area (Å²) >= 11 is 0. The van der Waals surface area contributed by atoms with Gasteiger partial charge in [-0.05, 0) is 25.0 Å². The van der Waals surface area contributed by atoms with Crippen LogP contribution in [0.1, 0.15) is 34.8 Å². The first-order valence-corrected chi connectivity index (χ1v) is 8.61. The summed E-state index contributed by atoms with van der Waals surface area (Å²) in [5.41, 5.74) is 1.29. The average molecular weight is 357 g/mol. The van der Waals surface area contributed by atoms with Gasteiger partial charge in [0.25, 0.3) is 0 Å². The van der Waals surface area contributed by atoms with Gasteiger partial charge < -0.3 is 14.7 Å². The van der Waals surface area contributed by atoms with E-state index in [1.807, 2.05) is 20.2 Å². The highest BCUT2D eigenvalue weighted by molar-refractivity contribution is 5.89. The molecule has 0 saturated carbocycles. The molecule has 1 atom stereocenters. The predicted molar refractivity (Wildman–Crippen MR) is 94.8 cm³/mol. The van der Waals surface area contributed by atoms with Crippen molar-refractivity contribution in [1.29, 1.82) is 0 Å². The fourth-order valence-corrected chi connectivity index (χ4v) is 3.30. The summed E-state index contributed by atoms with van der Waals surface area (Å²) in [7, 11) is 1.85. The van der Waals surface area contributed by atoms with Crippen molar-refractivity contribution in [3.8, 4) is 0 Å². The monoisotopic (exact) mass is 357 g/mol. The first kappa shape index (κ1) is 18.1. The van der Waals surface area contributed by atoms with Gasteiger partial charge in [-0.15, -0.1) is 0 Å². The zero-order chi connectivity index (χ0) is 18.7. The Balaban J connectivity index is 1.66. The second kappa shape index (κ2) is 7.29. The van der Waals surface area contributed by atoms with E-state index in [0.29, 0.717) is 31.7 Å². The summed E-state index contributed by atoms with van der Waals surface area (Å²) in [5, 5.41) is 13.4. The van der Waals surface area contributed by atoms with Gasteiger partial charge in [-0.2, -0.15) is 5.10 Å². The van der Waals surface area contributed by atoms with Crippen molar-refractivity contribution in [2.45, 2.75) is 25.4 Å². The third-order valence-corrected chi connectivity index (χ3v) is 4.80. The Bertz CT molecular complexity index is 817. The second-order valence-corrected chi connectivity index (χ2v) is 6.76. The number of nitrogens with zero attached hydrogens (tertiary/aromatic N) is 3. The maximum Gasteiger partial charge on any atom is 0.335 e. The summed E-state index contributed by atoms with van der Waals surface area (Å²) in [5.74, 6) is -0.966. The number of rotatable bonds is 5. The number of hydrogen-bond acceptors (Lipinski definition) is 4. The fourth-order valence-electron chi connectivity index (χ4n) is 3.30. The number of amides is 1. The second-order valence-electron chi connectivity index (χ2n) is 6.76. The first-order chi connectivity index (χ1) is 12.4. The quantitative estimate of drug-likeness (QED) is 0.882. The van der Waals surface area contributed by atoms with Crippen LogP contribution in [0.3, 0.4) is 0 Å². The lowest BCUT2D eigenvalue weighted by Crippen LogP contribution is -2.50. The lowest BCUT2D eigenvalue weighted by molar-refractivity contribution is -0.149. The highest BCUT2D eigenvalue weighted by Crippen LogP contribution is 2.29. The lowest BCUT2D eigenvalue weighted by Gasteiger charge is -2.40. The van der Waals surface area contributed by atoms with Crippen LogP contribution in [0, 0.1) is 0 Å². The van der Waals surface area contributed by atoms with E-state index in [1.54, 1.807) is 40.0 Å². The number of benzene rings is 1. The summed E-state index contributed by atoms with van der Waals surface area (Å²) in [6.45, 7) is 3.42. The van der Waals surface area contributed by atoms with Gasteiger partial charge in [-0.1, -0.05) is 18.2 Å². The van der Waals surface area contributed by atoms with Crippen molar-refractivity contribution in [1.82, 2.24) is 14.7 Å². The Labute approximate surface area is 152 Å². The highest BCUT2D eigenvalue weighted by Gasteiger charge is 2.36. The van der Waals surface area contributed by atoms with Gasteiger partial charge >= 0.3 is 5.97 Å². The molecule has 3 rings (SSSR count). The molecule has 7 nitrogen and oxygen atoms in total. The number of hydrogen-bond donors (Lipinski definition) is 1. The molecule has 138 valence electrons. The SMILES string of the molecule is Cn1cc(C2(C)CN(C(=O)CCc3ccccc3C(=O)O)CCO2)cn1.